The highest BCUT2D eigenvalue weighted by Crippen LogP contribution is 2.37. The predicted octanol–water partition coefficient (Wildman–Crippen LogP) is 1.70. The highest BCUT2D eigenvalue weighted by atomic mass is 79.9. The Balaban J connectivity index is 2.08. The molecule has 2 unspecified atom stereocenters. The van der Waals surface area contributed by atoms with E-state index in [9.17, 15) is 8.42 Å². The first kappa shape index (κ1) is 14.0. The summed E-state index contributed by atoms with van der Waals surface area (Å²) in [6.07, 6.45) is 1.10. The molecule has 0 saturated heterocycles. The summed E-state index contributed by atoms with van der Waals surface area (Å²) in [5, 5.41) is 2.91. The van der Waals surface area contributed by atoms with E-state index in [0.29, 0.717) is 30.7 Å². The van der Waals surface area contributed by atoms with E-state index >= 15 is 0 Å². The first-order valence-electron chi connectivity index (χ1n) is 5.86. The normalized spacial score (nSPS) is 23.3. The van der Waals surface area contributed by atoms with Gasteiger partial charge in [-0.25, -0.2) is 13.1 Å². The van der Waals surface area contributed by atoms with Gasteiger partial charge in [0.2, 0.25) is 10.0 Å². The van der Waals surface area contributed by atoms with Crippen LogP contribution >= 0.6 is 15.9 Å². The van der Waals surface area contributed by atoms with Crippen molar-refractivity contribution >= 4 is 26.0 Å². The van der Waals surface area contributed by atoms with Gasteiger partial charge in [-0.1, -0.05) is 6.92 Å². The molecule has 1 aromatic rings. The van der Waals surface area contributed by atoms with Crippen molar-refractivity contribution in [2.24, 2.45) is 11.8 Å². The molecule has 0 aromatic carbocycles. The fraction of sp³-hybridized carbons (Fsp3) is 0.636. The number of hydrogen-bond acceptors (Lipinski definition) is 4. The van der Waals surface area contributed by atoms with E-state index < -0.39 is 10.0 Å². The van der Waals surface area contributed by atoms with Crippen molar-refractivity contribution in [1.29, 1.82) is 0 Å². The summed E-state index contributed by atoms with van der Waals surface area (Å²) >= 11 is 3.14. The van der Waals surface area contributed by atoms with Crippen LogP contribution in [0.5, 0.6) is 0 Å². The molecule has 18 heavy (non-hydrogen) atoms. The second kappa shape index (κ2) is 5.32. The molecule has 1 heterocycles. The zero-order chi connectivity index (χ0) is 13.3. The molecule has 5 nitrogen and oxygen atoms in total. The summed E-state index contributed by atoms with van der Waals surface area (Å²) in [5.41, 5.74) is 0. The zero-order valence-corrected chi connectivity index (χ0v) is 12.8. The number of furan rings is 1. The lowest BCUT2D eigenvalue weighted by Crippen LogP contribution is -2.26. The predicted molar refractivity (Wildman–Crippen MR) is 71.6 cm³/mol. The van der Waals surface area contributed by atoms with Gasteiger partial charge in [-0.15, -0.1) is 0 Å². The van der Waals surface area contributed by atoms with Gasteiger partial charge < -0.3 is 9.73 Å². The van der Waals surface area contributed by atoms with Crippen LogP contribution in [-0.4, -0.2) is 22.0 Å². The third-order valence-corrected chi connectivity index (χ3v) is 5.44. The number of sulfonamides is 1. The Labute approximate surface area is 116 Å². The molecule has 1 aromatic heterocycles. The number of rotatable bonds is 6. The fourth-order valence-corrected chi connectivity index (χ4v) is 3.91. The van der Waals surface area contributed by atoms with E-state index in [4.69, 9.17) is 4.42 Å². The maximum Gasteiger partial charge on any atom is 0.244 e. The lowest BCUT2D eigenvalue weighted by atomic mass is 10.3. The maximum absolute atomic E-state index is 12.1. The van der Waals surface area contributed by atoms with Crippen LogP contribution in [0.25, 0.3) is 0 Å². The quantitative estimate of drug-likeness (QED) is 0.829. The molecule has 0 bridgehead atoms. The molecule has 102 valence electrons. The maximum atomic E-state index is 12.1. The number of halogens is 1. The van der Waals surface area contributed by atoms with Gasteiger partial charge in [0.1, 0.15) is 10.7 Å². The third-order valence-electron chi connectivity index (χ3n) is 3.16. The van der Waals surface area contributed by atoms with Gasteiger partial charge in [-0.05, 0) is 41.2 Å². The third kappa shape index (κ3) is 3.14. The second-order valence-corrected chi connectivity index (χ2v) is 7.16. The molecule has 0 spiro atoms. The highest BCUT2D eigenvalue weighted by molar-refractivity contribution is 9.10. The van der Waals surface area contributed by atoms with Crippen molar-refractivity contribution in [1.82, 2.24) is 10.0 Å². The summed E-state index contributed by atoms with van der Waals surface area (Å²) in [6, 6.07) is 1.54. The van der Waals surface area contributed by atoms with Crippen LogP contribution in [-0.2, 0) is 16.6 Å². The first-order valence-corrected chi connectivity index (χ1v) is 8.14. The van der Waals surface area contributed by atoms with Gasteiger partial charge in [0.25, 0.3) is 0 Å². The van der Waals surface area contributed by atoms with Crippen LogP contribution in [0.4, 0.5) is 0 Å². The molecular formula is C11H17BrN2O3S. The Morgan fingerprint density at radius 2 is 2.22 bits per heavy atom. The number of hydrogen-bond donors (Lipinski definition) is 2. The zero-order valence-electron chi connectivity index (χ0n) is 10.4. The fourth-order valence-electron chi connectivity index (χ4n) is 1.82. The van der Waals surface area contributed by atoms with Gasteiger partial charge in [-0.2, -0.15) is 0 Å². The molecule has 2 rings (SSSR count). The molecule has 7 heteroatoms. The summed E-state index contributed by atoms with van der Waals surface area (Å²) in [5.74, 6) is 1.69. The average molecular weight is 337 g/mol. The highest BCUT2D eigenvalue weighted by Gasteiger charge is 2.34. The van der Waals surface area contributed by atoms with Crippen molar-refractivity contribution in [3.8, 4) is 0 Å². The molecule has 0 amide bonds. The van der Waals surface area contributed by atoms with E-state index in [2.05, 4.69) is 32.9 Å². The Bertz CT molecular complexity index is 526. The minimum atomic E-state index is -3.49. The molecular weight excluding hydrogens is 320 g/mol. The van der Waals surface area contributed by atoms with E-state index in [0.717, 1.165) is 6.42 Å². The molecule has 2 N–H and O–H groups in total. The average Bonchev–Trinajstić information content (AvgIpc) is 2.86. The van der Waals surface area contributed by atoms with E-state index in [-0.39, 0.29) is 9.56 Å². The lowest BCUT2D eigenvalue weighted by Gasteiger charge is -2.03. The van der Waals surface area contributed by atoms with Crippen molar-refractivity contribution in [2.45, 2.75) is 24.8 Å². The molecule has 1 saturated carbocycles. The molecule has 1 aliphatic carbocycles. The molecule has 2 atom stereocenters. The van der Waals surface area contributed by atoms with Crippen LogP contribution < -0.4 is 10.0 Å². The van der Waals surface area contributed by atoms with Crippen LogP contribution in [0.15, 0.2) is 20.0 Å². The molecule has 1 fully saturated rings. The van der Waals surface area contributed by atoms with Gasteiger partial charge >= 0.3 is 0 Å². The van der Waals surface area contributed by atoms with Crippen molar-refractivity contribution in [3.63, 3.8) is 0 Å². The SMILES string of the molecule is CNCc1cc(S(=O)(=O)NCC2CC2C)c(Br)o1. The van der Waals surface area contributed by atoms with Crippen LogP contribution in [0.3, 0.4) is 0 Å². The Hall–Kier alpha value is -0.370. The smallest absolute Gasteiger partial charge is 0.244 e. The van der Waals surface area contributed by atoms with Crippen LogP contribution in [0.1, 0.15) is 19.1 Å². The minimum Gasteiger partial charge on any atom is -0.452 e. The summed E-state index contributed by atoms with van der Waals surface area (Å²) < 4.78 is 32.4. The van der Waals surface area contributed by atoms with Gasteiger partial charge in [-0.3, -0.25) is 0 Å². The first-order chi connectivity index (χ1) is 8.44. The van der Waals surface area contributed by atoms with Crippen LogP contribution in [0, 0.1) is 11.8 Å². The largest absolute Gasteiger partial charge is 0.452 e. The summed E-state index contributed by atoms with van der Waals surface area (Å²) in [6.45, 7) is 3.12. The molecule has 0 aliphatic heterocycles. The van der Waals surface area contributed by atoms with Gasteiger partial charge in [0, 0.05) is 12.6 Å². The van der Waals surface area contributed by atoms with E-state index in [1.54, 1.807) is 13.1 Å². The van der Waals surface area contributed by atoms with E-state index in [1.807, 2.05) is 0 Å². The second-order valence-electron chi connectivity index (χ2n) is 4.71. The van der Waals surface area contributed by atoms with Gasteiger partial charge in [0.15, 0.2) is 4.67 Å². The molecule has 0 radical (unpaired) electrons. The van der Waals surface area contributed by atoms with Crippen molar-refractivity contribution < 1.29 is 12.8 Å². The lowest BCUT2D eigenvalue weighted by molar-refractivity contribution is 0.470. The van der Waals surface area contributed by atoms with Gasteiger partial charge in [0.05, 0.1) is 6.54 Å². The Morgan fingerprint density at radius 1 is 1.56 bits per heavy atom. The minimum absolute atomic E-state index is 0.168. The Kier molecular flexibility index (Phi) is 4.15. The number of nitrogens with one attached hydrogen (secondary N) is 2. The topological polar surface area (TPSA) is 71.3 Å². The Morgan fingerprint density at radius 3 is 2.78 bits per heavy atom. The monoisotopic (exact) mass is 336 g/mol. The van der Waals surface area contributed by atoms with Crippen molar-refractivity contribution in [3.05, 3.63) is 16.5 Å². The van der Waals surface area contributed by atoms with Crippen molar-refractivity contribution in [2.75, 3.05) is 13.6 Å². The summed E-state index contributed by atoms with van der Waals surface area (Å²) in [4.78, 5) is 0.168. The van der Waals surface area contributed by atoms with E-state index in [1.165, 1.54) is 0 Å². The molecule has 1 aliphatic rings. The standard InChI is InChI=1S/C11H17BrN2O3S/c1-7-3-8(7)5-14-18(15,16)10-4-9(6-13-2)17-11(10)12/h4,7-8,13-14H,3,5-6H2,1-2H3. The van der Waals surface area contributed by atoms with Crippen LogP contribution in [0.2, 0.25) is 0 Å². The summed E-state index contributed by atoms with van der Waals surface area (Å²) in [7, 11) is -1.71.